The summed E-state index contributed by atoms with van der Waals surface area (Å²) < 4.78 is 0. The van der Waals surface area contributed by atoms with E-state index in [0.29, 0.717) is 5.96 Å². The molecule has 0 aromatic carbocycles. The first-order valence-corrected chi connectivity index (χ1v) is 3.62. The highest BCUT2D eigenvalue weighted by Gasteiger charge is 2.11. The van der Waals surface area contributed by atoms with Gasteiger partial charge in [-0.15, -0.1) is 10.2 Å². The summed E-state index contributed by atoms with van der Waals surface area (Å²) in [6, 6.07) is 0. The van der Waals surface area contributed by atoms with Gasteiger partial charge in [-0.1, -0.05) is 20.8 Å². The maximum atomic E-state index is 3.89. The summed E-state index contributed by atoms with van der Waals surface area (Å²) in [5.74, 6) is 0.611. The quantitative estimate of drug-likeness (QED) is 0.587. The molecule has 61 valence electrons. The second kappa shape index (κ2) is 2.90. The van der Waals surface area contributed by atoms with Gasteiger partial charge in [0.05, 0.1) is 0 Å². The highest BCUT2D eigenvalue weighted by atomic mass is 15.4. The van der Waals surface area contributed by atoms with Crippen LogP contribution >= 0.6 is 0 Å². The van der Waals surface area contributed by atoms with Crippen molar-refractivity contribution in [3.05, 3.63) is 0 Å². The maximum Gasteiger partial charge on any atom is 0.244 e. The third-order valence-electron chi connectivity index (χ3n) is 1.16. The minimum Gasteiger partial charge on any atom is -0.352 e. The Hall–Kier alpha value is -1.06. The molecule has 1 radical (unpaired) electrons. The summed E-state index contributed by atoms with van der Waals surface area (Å²) in [6.07, 6.45) is 1.44. The van der Waals surface area contributed by atoms with Gasteiger partial charge in [0, 0.05) is 6.54 Å². The van der Waals surface area contributed by atoms with Crippen molar-refractivity contribution in [2.45, 2.75) is 20.8 Å². The molecule has 4 heteroatoms. The Kier molecular flexibility index (Phi) is 2.12. The number of nitrogens with zero attached hydrogens (tertiary/aromatic N) is 3. The molecule has 11 heavy (non-hydrogen) atoms. The Balaban J connectivity index is 2.23. The van der Waals surface area contributed by atoms with Crippen molar-refractivity contribution in [2.24, 2.45) is 15.6 Å². The summed E-state index contributed by atoms with van der Waals surface area (Å²) in [5.41, 5.74) is 0.251. The van der Waals surface area contributed by atoms with Crippen molar-refractivity contribution in [3.8, 4) is 0 Å². The van der Waals surface area contributed by atoms with Crippen molar-refractivity contribution in [1.82, 2.24) is 10.6 Å². The van der Waals surface area contributed by atoms with Crippen LogP contribution in [0.15, 0.2) is 10.2 Å². The highest BCUT2D eigenvalue weighted by molar-refractivity contribution is 5.92. The number of guanidine groups is 1. The summed E-state index contributed by atoms with van der Waals surface area (Å²) in [4.78, 5) is 0. The van der Waals surface area contributed by atoms with Crippen molar-refractivity contribution < 1.29 is 0 Å². The molecule has 0 fully saturated rings. The molecular weight excluding hydrogens is 140 g/mol. The molecule has 1 aliphatic heterocycles. The van der Waals surface area contributed by atoms with Crippen LogP contribution in [0.3, 0.4) is 0 Å². The molecule has 0 saturated carbocycles. The molecule has 1 aliphatic rings. The molecule has 0 saturated heterocycles. The van der Waals surface area contributed by atoms with Gasteiger partial charge >= 0.3 is 0 Å². The smallest absolute Gasteiger partial charge is 0.244 e. The lowest BCUT2D eigenvalue weighted by Crippen LogP contribution is -2.35. The molecular formula is C7H13N4. The van der Waals surface area contributed by atoms with E-state index in [-0.39, 0.29) is 5.41 Å². The van der Waals surface area contributed by atoms with Crippen LogP contribution in [0.5, 0.6) is 0 Å². The number of nitrogens with one attached hydrogen (secondary N) is 1. The van der Waals surface area contributed by atoms with Crippen molar-refractivity contribution in [2.75, 3.05) is 6.54 Å². The van der Waals surface area contributed by atoms with Gasteiger partial charge in [0.1, 0.15) is 6.34 Å². The van der Waals surface area contributed by atoms with Gasteiger partial charge in [-0.3, -0.25) is 0 Å². The average molecular weight is 153 g/mol. The number of rotatable bonds is 1. The average Bonchev–Trinajstić information content (AvgIpc) is 2.32. The predicted molar refractivity (Wildman–Crippen MR) is 45.5 cm³/mol. The van der Waals surface area contributed by atoms with Gasteiger partial charge in [0.25, 0.3) is 0 Å². The zero-order valence-electron chi connectivity index (χ0n) is 7.13. The second-order valence-corrected chi connectivity index (χ2v) is 3.70. The van der Waals surface area contributed by atoms with Gasteiger partial charge in [-0.25, -0.2) is 0 Å². The molecule has 0 unspecified atom stereocenters. The Labute approximate surface area is 66.8 Å². The summed E-state index contributed by atoms with van der Waals surface area (Å²) in [7, 11) is 0. The molecule has 1 rings (SSSR count). The fraction of sp³-hybridized carbons (Fsp3) is 0.714. The fourth-order valence-electron chi connectivity index (χ4n) is 0.612. The minimum atomic E-state index is 0.251. The van der Waals surface area contributed by atoms with E-state index in [4.69, 9.17) is 0 Å². The van der Waals surface area contributed by atoms with Crippen LogP contribution < -0.4 is 10.6 Å². The van der Waals surface area contributed by atoms with Gasteiger partial charge in [0.2, 0.25) is 5.96 Å². The topological polar surface area (TPSA) is 50.9 Å². The molecule has 0 atom stereocenters. The monoisotopic (exact) mass is 153 g/mol. The van der Waals surface area contributed by atoms with Crippen LogP contribution in [-0.4, -0.2) is 18.8 Å². The Morgan fingerprint density at radius 2 is 2.18 bits per heavy atom. The van der Waals surface area contributed by atoms with Crippen LogP contribution in [0.25, 0.3) is 0 Å². The van der Waals surface area contributed by atoms with E-state index in [1.807, 2.05) is 0 Å². The summed E-state index contributed by atoms with van der Waals surface area (Å²) in [6.45, 7) is 7.31. The van der Waals surface area contributed by atoms with Crippen molar-refractivity contribution in [1.29, 1.82) is 0 Å². The first-order chi connectivity index (χ1) is 5.08. The van der Waals surface area contributed by atoms with E-state index in [1.165, 1.54) is 6.34 Å². The molecule has 1 N–H and O–H groups in total. The van der Waals surface area contributed by atoms with Crippen molar-refractivity contribution in [3.63, 3.8) is 0 Å². The molecule has 1 heterocycles. The van der Waals surface area contributed by atoms with Crippen molar-refractivity contribution >= 4 is 12.3 Å². The van der Waals surface area contributed by atoms with E-state index in [1.54, 1.807) is 0 Å². The number of hydrogen-bond acceptors (Lipinski definition) is 3. The molecule has 0 amide bonds. The van der Waals surface area contributed by atoms with Gasteiger partial charge in [-0.05, 0) is 5.41 Å². The maximum absolute atomic E-state index is 3.89. The number of hydrogen-bond donors (Lipinski definition) is 1. The Bertz CT molecular complexity index is 187. The zero-order chi connectivity index (χ0) is 8.32. The van der Waals surface area contributed by atoms with E-state index in [2.05, 4.69) is 41.6 Å². The van der Waals surface area contributed by atoms with Crippen LogP contribution in [0.2, 0.25) is 0 Å². The third-order valence-corrected chi connectivity index (χ3v) is 1.16. The first-order valence-electron chi connectivity index (χ1n) is 3.62. The fourth-order valence-corrected chi connectivity index (χ4v) is 0.612. The van der Waals surface area contributed by atoms with Gasteiger partial charge in [0.15, 0.2) is 0 Å². The van der Waals surface area contributed by atoms with Gasteiger partial charge in [-0.2, -0.15) is 5.32 Å². The molecule has 0 aromatic heterocycles. The first kappa shape index (κ1) is 8.04. The predicted octanol–water partition coefficient (Wildman–Crippen LogP) is 0.539. The van der Waals surface area contributed by atoms with E-state index < -0.39 is 0 Å². The van der Waals surface area contributed by atoms with E-state index >= 15 is 0 Å². The lowest BCUT2D eigenvalue weighted by molar-refractivity contribution is 0.407. The lowest BCUT2D eigenvalue weighted by Gasteiger charge is -2.18. The van der Waals surface area contributed by atoms with Crippen LogP contribution in [-0.2, 0) is 0 Å². The normalized spacial score (nSPS) is 16.1. The van der Waals surface area contributed by atoms with E-state index in [0.717, 1.165) is 6.54 Å². The SMILES string of the molecule is CC(C)(C)CNC1=NN=C[N]1. The second-order valence-electron chi connectivity index (χ2n) is 3.70. The minimum absolute atomic E-state index is 0.251. The van der Waals surface area contributed by atoms with Gasteiger partial charge < -0.3 is 5.32 Å². The molecule has 0 spiro atoms. The van der Waals surface area contributed by atoms with Crippen LogP contribution in [0, 0.1) is 5.41 Å². The van der Waals surface area contributed by atoms with Crippen LogP contribution in [0.4, 0.5) is 0 Å². The largest absolute Gasteiger partial charge is 0.352 e. The molecule has 0 bridgehead atoms. The standard InChI is InChI=1S/C7H13N4/c1-7(2,3)4-8-6-9-5-10-11-6/h5H,4H2,1-3H3,(H,8,11). The molecule has 0 aliphatic carbocycles. The molecule has 4 nitrogen and oxygen atoms in total. The van der Waals surface area contributed by atoms with E-state index in [9.17, 15) is 0 Å². The Morgan fingerprint density at radius 1 is 1.45 bits per heavy atom. The highest BCUT2D eigenvalue weighted by Crippen LogP contribution is 2.09. The summed E-state index contributed by atoms with van der Waals surface area (Å²) >= 11 is 0. The van der Waals surface area contributed by atoms with Crippen LogP contribution in [0.1, 0.15) is 20.8 Å². The lowest BCUT2D eigenvalue weighted by atomic mass is 9.97. The third kappa shape index (κ3) is 3.02. The molecule has 0 aromatic rings. The zero-order valence-corrected chi connectivity index (χ0v) is 7.13. The summed E-state index contributed by atoms with van der Waals surface area (Å²) in [5, 5.41) is 14.3. The Morgan fingerprint density at radius 3 is 2.64 bits per heavy atom.